The van der Waals surface area contributed by atoms with Crippen LogP contribution in [0.4, 0.5) is 4.79 Å². The Kier molecular flexibility index (Phi) is 6.28. The molecule has 0 aliphatic heterocycles. The van der Waals surface area contributed by atoms with Gasteiger partial charge < -0.3 is 10.6 Å². The summed E-state index contributed by atoms with van der Waals surface area (Å²) in [6.07, 6.45) is 1.63. The Bertz CT molecular complexity index is 540. The molecule has 0 heterocycles. The number of hydrogen-bond acceptors (Lipinski definition) is 1. The molecule has 4 heteroatoms. The van der Waals surface area contributed by atoms with E-state index in [2.05, 4.69) is 41.8 Å². The molecule has 0 spiro atoms. The lowest BCUT2D eigenvalue weighted by molar-refractivity contribution is 0.241. The highest BCUT2D eigenvalue weighted by Gasteiger charge is 2.00. The SMILES string of the molecule is Cc1ccc(CCNC(=O)NCCc2ccc(Cl)cc2)cc1. The van der Waals surface area contributed by atoms with Crippen LogP contribution in [0.15, 0.2) is 48.5 Å². The summed E-state index contributed by atoms with van der Waals surface area (Å²) < 4.78 is 0. The van der Waals surface area contributed by atoms with Crippen LogP contribution in [-0.2, 0) is 12.8 Å². The van der Waals surface area contributed by atoms with Crippen molar-refractivity contribution in [1.82, 2.24) is 10.6 Å². The van der Waals surface area contributed by atoms with E-state index in [0.29, 0.717) is 13.1 Å². The third-order valence-corrected chi connectivity index (χ3v) is 3.68. The highest BCUT2D eigenvalue weighted by Crippen LogP contribution is 2.09. The maximum absolute atomic E-state index is 11.7. The van der Waals surface area contributed by atoms with Crippen LogP contribution >= 0.6 is 11.6 Å². The number of amides is 2. The van der Waals surface area contributed by atoms with Gasteiger partial charge in [0.25, 0.3) is 0 Å². The van der Waals surface area contributed by atoms with Crippen molar-refractivity contribution >= 4 is 17.6 Å². The summed E-state index contributed by atoms with van der Waals surface area (Å²) in [6.45, 7) is 3.31. The lowest BCUT2D eigenvalue weighted by Gasteiger charge is -2.08. The number of rotatable bonds is 6. The second-order valence-electron chi connectivity index (χ2n) is 5.29. The zero-order valence-corrected chi connectivity index (χ0v) is 13.5. The van der Waals surface area contributed by atoms with Crippen molar-refractivity contribution in [1.29, 1.82) is 0 Å². The quantitative estimate of drug-likeness (QED) is 0.837. The molecule has 0 atom stereocenters. The Morgan fingerprint density at radius 3 is 1.82 bits per heavy atom. The van der Waals surface area contributed by atoms with E-state index in [1.54, 1.807) is 0 Å². The average molecular weight is 317 g/mol. The number of urea groups is 1. The summed E-state index contributed by atoms with van der Waals surface area (Å²) in [5, 5.41) is 6.46. The van der Waals surface area contributed by atoms with E-state index in [-0.39, 0.29) is 6.03 Å². The first-order chi connectivity index (χ1) is 10.6. The monoisotopic (exact) mass is 316 g/mol. The molecule has 0 bridgehead atoms. The van der Waals surface area contributed by atoms with Crippen LogP contribution in [0.2, 0.25) is 5.02 Å². The molecule has 2 aromatic carbocycles. The van der Waals surface area contributed by atoms with Gasteiger partial charge >= 0.3 is 6.03 Å². The number of hydrogen-bond donors (Lipinski definition) is 2. The zero-order valence-electron chi connectivity index (χ0n) is 12.7. The van der Waals surface area contributed by atoms with Crippen molar-refractivity contribution in [2.75, 3.05) is 13.1 Å². The van der Waals surface area contributed by atoms with Gasteiger partial charge in [-0.1, -0.05) is 53.6 Å². The minimum absolute atomic E-state index is 0.124. The molecular formula is C18H21ClN2O. The molecule has 0 saturated heterocycles. The van der Waals surface area contributed by atoms with Crippen molar-refractivity contribution < 1.29 is 4.79 Å². The molecule has 2 aromatic rings. The molecule has 22 heavy (non-hydrogen) atoms. The summed E-state index contributed by atoms with van der Waals surface area (Å²) in [6, 6.07) is 15.9. The van der Waals surface area contributed by atoms with Crippen LogP contribution < -0.4 is 10.6 Å². The smallest absolute Gasteiger partial charge is 0.314 e. The molecule has 0 aliphatic rings. The van der Waals surface area contributed by atoms with Crippen molar-refractivity contribution in [3.63, 3.8) is 0 Å². The number of benzene rings is 2. The predicted octanol–water partition coefficient (Wildman–Crippen LogP) is 3.73. The minimum Gasteiger partial charge on any atom is -0.338 e. The molecule has 116 valence electrons. The Morgan fingerprint density at radius 1 is 0.864 bits per heavy atom. The second-order valence-corrected chi connectivity index (χ2v) is 5.73. The molecular weight excluding hydrogens is 296 g/mol. The van der Waals surface area contributed by atoms with Gasteiger partial charge in [-0.05, 0) is 43.0 Å². The first kappa shape index (κ1) is 16.4. The fraction of sp³-hybridized carbons (Fsp3) is 0.278. The number of carbonyl (C=O) groups is 1. The molecule has 0 saturated carbocycles. The maximum Gasteiger partial charge on any atom is 0.314 e. The fourth-order valence-corrected chi connectivity index (χ4v) is 2.24. The van der Waals surface area contributed by atoms with E-state index >= 15 is 0 Å². The average Bonchev–Trinajstić information content (AvgIpc) is 2.51. The summed E-state index contributed by atoms with van der Waals surface area (Å²) in [4.78, 5) is 11.7. The van der Waals surface area contributed by atoms with Crippen molar-refractivity contribution in [3.05, 3.63) is 70.2 Å². The molecule has 0 aromatic heterocycles. The topological polar surface area (TPSA) is 41.1 Å². The highest BCUT2D eigenvalue weighted by atomic mass is 35.5. The van der Waals surface area contributed by atoms with Crippen molar-refractivity contribution in [3.8, 4) is 0 Å². The maximum atomic E-state index is 11.7. The first-order valence-electron chi connectivity index (χ1n) is 7.45. The van der Waals surface area contributed by atoms with Crippen LogP contribution in [-0.4, -0.2) is 19.1 Å². The van der Waals surface area contributed by atoms with Crippen LogP contribution in [0, 0.1) is 6.92 Å². The van der Waals surface area contributed by atoms with Gasteiger partial charge in [-0.15, -0.1) is 0 Å². The Labute approximate surface area is 136 Å². The van der Waals surface area contributed by atoms with E-state index in [4.69, 9.17) is 11.6 Å². The van der Waals surface area contributed by atoms with Crippen LogP contribution in [0.5, 0.6) is 0 Å². The van der Waals surface area contributed by atoms with Gasteiger partial charge in [-0.25, -0.2) is 4.79 Å². The van der Waals surface area contributed by atoms with Gasteiger partial charge in [0.2, 0.25) is 0 Å². The van der Waals surface area contributed by atoms with Crippen LogP contribution in [0.1, 0.15) is 16.7 Å². The molecule has 3 nitrogen and oxygen atoms in total. The number of halogens is 1. The van der Waals surface area contributed by atoms with Crippen molar-refractivity contribution in [2.24, 2.45) is 0 Å². The molecule has 0 radical (unpaired) electrons. The van der Waals surface area contributed by atoms with Gasteiger partial charge in [0.05, 0.1) is 0 Å². The van der Waals surface area contributed by atoms with Gasteiger partial charge in [-0.3, -0.25) is 0 Å². The fourth-order valence-electron chi connectivity index (χ4n) is 2.11. The van der Waals surface area contributed by atoms with Gasteiger partial charge in [0.1, 0.15) is 0 Å². The van der Waals surface area contributed by atoms with Gasteiger partial charge in [-0.2, -0.15) is 0 Å². The van der Waals surface area contributed by atoms with Gasteiger partial charge in [0.15, 0.2) is 0 Å². The standard InChI is InChI=1S/C18H21ClN2O/c1-14-2-4-15(5-3-14)10-12-20-18(22)21-13-11-16-6-8-17(19)9-7-16/h2-9H,10-13H2,1H3,(H2,20,21,22). The van der Waals surface area contributed by atoms with E-state index in [1.165, 1.54) is 11.1 Å². The third-order valence-electron chi connectivity index (χ3n) is 3.43. The molecule has 0 aliphatic carbocycles. The Balaban J connectivity index is 1.61. The van der Waals surface area contributed by atoms with E-state index < -0.39 is 0 Å². The van der Waals surface area contributed by atoms with Crippen LogP contribution in [0.3, 0.4) is 0 Å². The summed E-state index contributed by atoms with van der Waals surface area (Å²) in [7, 11) is 0. The first-order valence-corrected chi connectivity index (χ1v) is 7.83. The van der Waals surface area contributed by atoms with E-state index in [0.717, 1.165) is 23.4 Å². The minimum atomic E-state index is -0.124. The van der Waals surface area contributed by atoms with Crippen molar-refractivity contribution in [2.45, 2.75) is 19.8 Å². The predicted molar refractivity (Wildman–Crippen MR) is 91.4 cm³/mol. The number of nitrogens with one attached hydrogen (secondary N) is 2. The number of aryl methyl sites for hydroxylation is 1. The summed E-state index contributed by atoms with van der Waals surface area (Å²) in [5.74, 6) is 0. The summed E-state index contributed by atoms with van der Waals surface area (Å²) >= 11 is 5.83. The molecule has 2 amide bonds. The van der Waals surface area contributed by atoms with Crippen LogP contribution in [0.25, 0.3) is 0 Å². The van der Waals surface area contributed by atoms with E-state index in [1.807, 2.05) is 24.3 Å². The zero-order chi connectivity index (χ0) is 15.8. The second kappa shape index (κ2) is 8.44. The number of carbonyl (C=O) groups excluding carboxylic acids is 1. The molecule has 2 N–H and O–H groups in total. The highest BCUT2D eigenvalue weighted by molar-refractivity contribution is 6.30. The molecule has 0 unspecified atom stereocenters. The Hall–Kier alpha value is -2.00. The third kappa shape index (κ3) is 5.78. The summed E-state index contributed by atoms with van der Waals surface area (Å²) in [5.41, 5.74) is 3.63. The molecule has 2 rings (SSSR count). The van der Waals surface area contributed by atoms with E-state index in [9.17, 15) is 4.79 Å². The molecule has 0 fully saturated rings. The lowest BCUT2D eigenvalue weighted by Crippen LogP contribution is -2.37. The lowest BCUT2D eigenvalue weighted by atomic mass is 10.1. The Morgan fingerprint density at radius 2 is 1.32 bits per heavy atom. The van der Waals surface area contributed by atoms with Gasteiger partial charge in [0, 0.05) is 18.1 Å². The normalized spacial score (nSPS) is 10.3. The largest absolute Gasteiger partial charge is 0.338 e.